The lowest BCUT2D eigenvalue weighted by Crippen LogP contribution is -2.11. The van der Waals surface area contributed by atoms with Crippen molar-refractivity contribution in [2.24, 2.45) is 0 Å². The van der Waals surface area contributed by atoms with Crippen LogP contribution in [-0.4, -0.2) is 24.7 Å². The first-order chi connectivity index (χ1) is 9.56. The topological polar surface area (TPSA) is 64.4 Å². The molecule has 0 saturated carbocycles. The number of rotatable bonds is 9. The molecule has 20 heavy (non-hydrogen) atoms. The molecule has 0 saturated heterocycles. The number of halogens is 2. The van der Waals surface area contributed by atoms with Gasteiger partial charge in [0, 0.05) is 29.9 Å². The van der Waals surface area contributed by atoms with Gasteiger partial charge in [-0.2, -0.15) is 0 Å². The quantitative estimate of drug-likeness (QED) is 0.326. The molecule has 0 bridgehead atoms. The van der Waals surface area contributed by atoms with Crippen LogP contribution in [0.1, 0.15) is 18.4 Å². The fourth-order valence-corrected chi connectivity index (χ4v) is 1.53. The lowest BCUT2D eigenvalue weighted by Gasteiger charge is -2.11. The minimum absolute atomic E-state index is 0.179. The Bertz CT molecular complexity index is 467. The molecular weight excluding hydrogens is 270 g/mol. The molecule has 110 valence electrons. The van der Waals surface area contributed by atoms with Gasteiger partial charge in [0.1, 0.15) is 0 Å². The van der Waals surface area contributed by atoms with Crippen LogP contribution in [0.25, 0.3) is 0 Å². The number of nitro groups is 1. The molecule has 0 aromatic heterocycles. The molecular formula is C13H16F2N2O3. The maximum absolute atomic E-state index is 12.8. The second-order valence-electron chi connectivity index (χ2n) is 3.95. The lowest BCUT2D eigenvalue weighted by atomic mass is 10.1. The Morgan fingerprint density at radius 2 is 2.20 bits per heavy atom. The normalized spacial score (nSPS) is 10.6. The van der Waals surface area contributed by atoms with Crippen molar-refractivity contribution < 1.29 is 18.4 Å². The van der Waals surface area contributed by atoms with Gasteiger partial charge in [-0.05, 0) is 12.5 Å². The van der Waals surface area contributed by atoms with Gasteiger partial charge in [0.05, 0.1) is 18.1 Å². The van der Waals surface area contributed by atoms with Gasteiger partial charge in [0.15, 0.2) is 0 Å². The van der Waals surface area contributed by atoms with E-state index in [0.29, 0.717) is 19.8 Å². The Morgan fingerprint density at radius 1 is 1.45 bits per heavy atom. The highest BCUT2D eigenvalue weighted by Crippen LogP contribution is 2.30. The highest BCUT2D eigenvalue weighted by atomic mass is 19.3. The molecule has 0 spiro atoms. The van der Waals surface area contributed by atoms with E-state index < -0.39 is 11.3 Å². The van der Waals surface area contributed by atoms with Gasteiger partial charge < -0.3 is 10.1 Å². The van der Waals surface area contributed by atoms with E-state index in [1.54, 1.807) is 6.08 Å². The zero-order chi connectivity index (χ0) is 15.0. The van der Waals surface area contributed by atoms with Gasteiger partial charge in [-0.15, -0.1) is 6.58 Å². The van der Waals surface area contributed by atoms with Crippen LogP contribution < -0.4 is 5.32 Å². The van der Waals surface area contributed by atoms with Crippen LogP contribution >= 0.6 is 0 Å². The Hall–Kier alpha value is -2.02. The van der Waals surface area contributed by atoms with E-state index in [4.69, 9.17) is 4.74 Å². The highest BCUT2D eigenvalue weighted by molar-refractivity contribution is 5.56. The fraction of sp³-hybridized carbons (Fsp3) is 0.385. The van der Waals surface area contributed by atoms with Gasteiger partial charge in [0.2, 0.25) is 0 Å². The third-order valence-electron chi connectivity index (χ3n) is 2.51. The van der Waals surface area contributed by atoms with Crippen LogP contribution in [0, 0.1) is 10.1 Å². The Labute approximate surface area is 115 Å². The largest absolute Gasteiger partial charge is 0.382 e. The number of nitrogens with zero attached hydrogens (tertiary/aromatic N) is 1. The molecule has 0 aliphatic rings. The van der Waals surface area contributed by atoms with Crippen molar-refractivity contribution in [2.45, 2.75) is 12.8 Å². The molecule has 0 atom stereocenters. The summed E-state index contributed by atoms with van der Waals surface area (Å²) in [4.78, 5) is 9.86. The number of anilines is 1. The third kappa shape index (κ3) is 4.93. The maximum atomic E-state index is 12.8. The molecule has 0 aliphatic heterocycles. The summed E-state index contributed by atoms with van der Waals surface area (Å²) in [6.07, 6.45) is -0.336. The number of nitro benzene ring substituents is 1. The summed E-state index contributed by atoms with van der Waals surface area (Å²) in [7, 11) is 0. The van der Waals surface area contributed by atoms with Crippen LogP contribution in [-0.2, 0) is 4.74 Å². The SMILES string of the molecule is C=CCCOCCNc1ccc([N+](=O)[O-])cc1C(F)F. The van der Waals surface area contributed by atoms with Crippen molar-refractivity contribution in [1.29, 1.82) is 0 Å². The zero-order valence-electron chi connectivity index (χ0n) is 10.9. The van der Waals surface area contributed by atoms with Gasteiger partial charge >= 0.3 is 0 Å². The van der Waals surface area contributed by atoms with E-state index in [-0.39, 0.29) is 16.9 Å². The van der Waals surface area contributed by atoms with Gasteiger partial charge in [-0.25, -0.2) is 8.78 Å². The average Bonchev–Trinajstić information content (AvgIpc) is 2.42. The predicted octanol–water partition coefficient (Wildman–Crippen LogP) is 3.54. The second kappa shape index (κ2) is 8.21. The molecule has 5 nitrogen and oxygen atoms in total. The Balaban J connectivity index is 2.60. The minimum Gasteiger partial charge on any atom is -0.382 e. The summed E-state index contributed by atoms with van der Waals surface area (Å²) < 4.78 is 30.9. The second-order valence-corrected chi connectivity index (χ2v) is 3.95. The summed E-state index contributed by atoms with van der Waals surface area (Å²) in [5.74, 6) is 0. The van der Waals surface area contributed by atoms with E-state index in [9.17, 15) is 18.9 Å². The summed E-state index contributed by atoms with van der Waals surface area (Å²) in [6, 6.07) is 3.35. The van der Waals surface area contributed by atoms with Crippen molar-refractivity contribution in [3.63, 3.8) is 0 Å². The van der Waals surface area contributed by atoms with Crippen molar-refractivity contribution >= 4 is 11.4 Å². The number of alkyl halides is 2. The van der Waals surface area contributed by atoms with E-state index in [0.717, 1.165) is 12.5 Å². The first kappa shape index (κ1) is 16.0. The maximum Gasteiger partial charge on any atom is 0.270 e. The average molecular weight is 286 g/mol. The number of benzene rings is 1. The number of hydrogen-bond donors (Lipinski definition) is 1. The molecule has 0 heterocycles. The highest BCUT2D eigenvalue weighted by Gasteiger charge is 2.17. The van der Waals surface area contributed by atoms with Gasteiger partial charge in [-0.1, -0.05) is 6.08 Å². The lowest BCUT2D eigenvalue weighted by molar-refractivity contribution is -0.385. The Kier molecular flexibility index (Phi) is 6.58. The van der Waals surface area contributed by atoms with Crippen molar-refractivity contribution in [3.05, 3.63) is 46.5 Å². The van der Waals surface area contributed by atoms with E-state index in [2.05, 4.69) is 11.9 Å². The Morgan fingerprint density at radius 3 is 2.80 bits per heavy atom. The summed E-state index contributed by atoms with van der Waals surface area (Å²) in [5.41, 5.74) is -0.559. The third-order valence-corrected chi connectivity index (χ3v) is 2.51. The van der Waals surface area contributed by atoms with Crippen molar-refractivity contribution in [3.8, 4) is 0 Å². The zero-order valence-corrected chi connectivity index (χ0v) is 10.9. The molecule has 0 amide bonds. The minimum atomic E-state index is -2.78. The van der Waals surface area contributed by atoms with Crippen LogP contribution in [0.5, 0.6) is 0 Å². The van der Waals surface area contributed by atoms with Crippen LogP contribution in [0.4, 0.5) is 20.2 Å². The van der Waals surface area contributed by atoms with Gasteiger partial charge in [-0.3, -0.25) is 10.1 Å². The molecule has 0 unspecified atom stereocenters. The molecule has 1 aromatic carbocycles. The molecule has 1 N–H and O–H groups in total. The molecule has 0 aliphatic carbocycles. The van der Waals surface area contributed by atoms with Crippen LogP contribution in [0.3, 0.4) is 0 Å². The smallest absolute Gasteiger partial charge is 0.270 e. The molecule has 0 fully saturated rings. The molecule has 1 aromatic rings. The first-order valence-corrected chi connectivity index (χ1v) is 6.05. The van der Waals surface area contributed by atoms with Crippen LogP contribution in [0.2, 0.25) is 0 Å². The number of ether oxygens (including phenoxy) is 1. The monoisotopic (exact) mass is 286 g/mol. The van der Waals surface area contributed by atoms with Crippen LogP contribution in [0.15, 0.2) is 30.9 Å². The summed E-state index contributed by atoms with van der Waals surface area (Å²) >= 11 is 0. The number of nitrogens with one attached hydrogen (secondary N) is 1. The van der Waals surface area contributed by atoms with Gasteiger partial charge in [0.25, 0.3) is 12.1 Å². The standard InChI is InChI=1S/C13H16F2N2O3/c1-2-3-7-20-8-6-16-12-5-4-10(17(18)19)9-11(12)13(14)15/h2,4-5,9,13,16H,1,3,6-8H2. The van der Waals surface area contributed by atoms with E-state index >= 15 is 0 Å². The molecule has 7 heteroatoms. The fourth-order valence-electron chi connectivity index (χ4n) is 1.53. The van der Waals surface area contributed by atoms with E-state index in [1.165, 1.54) is 12.1 Å². The summed E-state index contributed by atoms with van der Waals surface area (Å²) in [6.45, 7) is 4.76. The van der Waals surface area contributed by atoms with E-state index in [1.807, 2.05) is 0 Å². The molecule has 0 radical (unpaired) electrons. The predicted molar refractivity (Wildman–Crippen MR) is 72.2 cm³/mol. The molecule has 1 rings (SSSR count). The first-order valence-electron chi connectivity index (χ1n) is 6.05. The van der Waals surface area contributed by atoms with Crippen molar-refractivity contribution in [1.82, 2.24) is 0 Å². The summed E-state index contributed by atoms with van der Waals surface area (Å²) in [5, 5.41) is 13.3. The number of hydrogen-bond acceptors (Lipinski definition) is 4. The number of non-ortho nitro benzene ring substituents is 1. The van der Waals surface area contributed by atoms with Crippen molar-refractivity contribution in [2.75, 3.05) is 25.1 Å².